The lowest BCUT2D eigenvalue weighted by molar-refractivity contribution is -0.121. The van der Waals surface area contributed by atoms with E-state index in [1.807, 2.05) is 12.1 Å². The van der Waals surface area contributed by atoms with Gasteiger partial charge in [0, 0.05) is 54.9 Å². The maximum atomic E-state index is 13.2. The molecule has 5 rings (SSSR count). The van der Waals surface area contributed by atoms with E-state index in [0.717, 1.165) is 17.7 Å². The van der Waals surface area contributed by atoms with Gasteiger partial charge in [0.15, 0.2) is 0 Å². The second-order valence-electron chi connectivity index (χ2n) is 9.52. The Balaban J connectivity index is 1.49. The van der Waals surface area contributed by atoms with Gasteiger partial charge < -0.3 is 9.88 Å². The average Bonchev–Trinajstić information content (AvgIpc) is 3.26. The summed E-state index contributed by atoms with van der Waals surface area (Å²) in [6.07, 6.45) is 6.13. The summed E-state index contributed by atoms with van der Waals surface area (Å²) in [6, 6.07) is 29.6. The number of rotatable bonds is 8. The Morgan fingerprint density at radius 3 is 2.42 bits per heavy atom. The number of hydrogen-bond donors (Lipinski definition) is 1. The van der Waals surface area contributed by atoms with Crippen molar-refractivity contribution in [2.24, 2.45) is 0 Å². The molecule has 0 radical (unpaired) electrons. The van der Waals surface area contributed by atoms with Crippen LogP contribution in [0.15, 0.2) is 104 Å². The molecule has 0 spiro atoms. The molecular formula is C32H31N3O. The highest BCUT2D eigenvalue weighted by Crippen LogP contribution is 2.35. The first-order valence-electron chi connectivity index (χ1n) is 12.4. The summed E-state index contributed by atoms with van der Waals surface area (Å²) in [5.41, 5.74) is 8.28. The zero-order valence-electron chi connectivity index (χ0n) is 20.8. The van der Waals surface area contributed by atoms with E-state index in [9.17, 15) is 4.79 Å². The van der Waals surface area contributed by atoms with E-state index in [0.29, 0.717) is 13.0 Å². The van der Waals surface area contributed by atoms with Crippen LogP contribution in [-0.4, -0.2) is 15.5 Å². The van der Waals surface area contributed by atoms with Crippen LogP contribution >= 0.6 is 0 Å². The second kappa shape index (κ2) is 10.6. The number of aryl methyl sites for hydroxylation is 2. The number of benzene rings is 3. The monoisotopic (exact) mass is 473 g/mol. The van der Waals surface area contributed by atoms with Crippen LogP contribution in [0.2, 0.25) is 0 Å². The molecule has 2 heterocycles. The van der Waals surface area contributed by atoms with Crippen molar-refractivity contribution in [3.63, 3.8) is 0 Å². The van der Waals surface area contributed by atoms with Crippen molar-refractivity contribution < 1.29 is 4.79 Å². The molecule has 0 saturated heterocycles. The van der Waals surface area contributed by atoms with E-state index < -0.39 is 0 Å². The van der Waals surface area contributed by atoms with Gasteiger partial charge in [0.2, 0.25) is 5.91 Å². The number of nitrogens with zero attached hydrogens (tertiary/aromatic N) is 2. The summed E-state index contributed by atoms with van der Waals surface area (Å²) in [4.78, 5) is 17.2. The van der Waals surface area contributed by atoms with Gasteiger partial charge in [0.05, 0.1) is 0 Å². The first-order valence-corrected chi connectivity index (χ1v) is 12.4. The van der Waals surface area contributed by atoms with Crippen molar-refractivity contribution in [2.75, 3.05) is 0 Å². The number of aromatic nitrogens is 2. The minimum Gasteiger partial charge on any atom is -0.352 e. The molecule has 180 valence electrons. The lowest BCUT2D eigenvalue weighted by Crippen LogP contribution is -2.25. The predicted molar refractivity (Wildman–Crippen MR) is 146 cm³/mol. The summed E-state index contributed by atoms with van der Waals surface area (Å²) in [7, 11) is 0. The van der Waals surface area contributed by atoms with Crippen LogP contribution < -0.4 is 5.32 Å². The average molecular weight is 474 g/mol. The molecule has 0 saturated carbocycles. The summed E-state index contributed by atoms with van der Waals surface area (Å²) < 4.78 is 2.31. The fourth-order valence-electron chi connectivity index (χ4n) is 4.83. The van der Waals surface area contributed by atoms with Crippen molar-refractivity contribution in [1.82, 2.24) is 14.9 Å². The molecule has 0 bridgehead atoms. The maximum Gasteiger partial charge on any atom is 0.221 e. The van der Waals surface area contributed by atoms with E-state index in [2.05, 4.69) is 108 Å². The van der Waals surface area contributed by atoms with Crippen LogP contribution in [0.4, 0.5) is 0 Å². The number of fused-ring (bicyclic) bond motifs is 1. The molecule has 3 aromatic carbocycles. The van der Waals surface area contributed by atoms with Crippen LogP contribution in [0.3, 0.4) is 0 Å². The third-order valence-electron chi connectivity index (χ3n) is 6.74. The van der Waals surface area contributed by atoms with Crippen LogP contribution in [-0.2, 0) is 17.9 Å². The summed E-state index contributed by atoms with van der Waals surface area (Å²) in [5, 5.41) is 4.30. The molecule has 1 atom stereocenters. The lowest BCUT2D eigenvalue weighted by atomic mass is 9.87. The summed E-state index contributed by atoms with van der Waals surface area (Å²) in [6.45, 7) is 5.50. The van der Waals surface area contributed by atoms with Gasteiger partial charge >= 0.3 is 0 Å². The van der Waals surface area contributed by atoms with Gasteiger partial charge in [-0.3, -0.25) is 9.78 Å². The Hall–Kier alpha value is -4.18. The van der Waals surface area contributed by atoms with Gasteiger partial charge in [-0.1, -0.05) is 77.9 Å². The van der Waals surface area contributed by atoms with Crippen LogP contribution in [0, 0.1) is 13.8 Å². The van der Waals surface area contributed by atoms with Crippen molar-refractivity contribution in [3.05, 3.63) is 137 Å². The van der Waals surface area contributed by atoms with Gasteiger partial charge in [0.25, 0.3) is 0 Å². The Bertz CT molecular complexity index is 1470. The number of carbonyl (C=O) groups is 1. The molecule has 0 aliphatic heterocycles. The molecule has 36 heavy (non-hydrogen) atoms. The van der Waals surface area contributed by atoms with E-state index in [4.69, 9.17) is 0 Å². The van der Waals surface area contributed by atoms with Crippen molar-refractivity contribution >= 4 is 16.8 Å². The fraction of sp³-hybridized carbons (Fsp3) is 0.188. The van der Waals surface area contributed by atoms with Gasteiger partial charge in [-0.25, -0.2) is 0 Å². The number of nitrogens with one attached hydrogen (secondary N) is 1. The standard InChI is InChI=1S/C32H31N3O/c1-23-10-12-26(13-11-23)21-35-22-30(28-8-3-4-9-31(28)35)29(27-7-5-6-24(2)18-27)19-32(36)34-20-25-14-16-33-17-15-25/h3-18,22,29H,19-21H2,1-2H3,(H,34,36). The van der Waals surface area contributed by atoms with Crippen molar-refractivity contribution in [1.29, 1.82) is 0 Å². The Morgan fingerprint density at radius 2 is 1.64 bits per heavy atom. The number of para-hydroxylation sites is 1. The molecule has 0 fully saturated rings. The maximum absolute atomic E-state index is 13.2. The largest absolute Gasteiger partial charge is 0.352 e. The van der Waals surface area contributed by atoms with E-state index in [1.54, 1.807) is 12.4 Å². The van der Waals surface area contributed by atoms with Crippen LogP contribution in [0.5, 0.6) is 0 Å². The highest BCUT2D eigenvalue weighted by molar-refractivity contribution is 5.86. The topological polar surface area (TPSA) is 46.9 Å². The third-order valence-corrected chi connectivity index (χ3v) is 6.74. The minimum atomic E-state index is -0.0495. The molecule has 0 aliphatic rings. The Morgan fingerprint density at radius 1 is 0.861 bits per heavy atom. The molecule has 1 N–H and O–H groups in total. The van der Waals surface area contributed by atoms with Crippen molar-refractivity contribution in [2.45, 2.75) is 39.3 Å². The zero-order valence-corrected chi connectivity index (χ0v) is 20.8. The normalized spacial score (nSPS) is 11.9. The molecule has 2 aromatic heterocycles. The molecule has 1 amide bonds. The van der Waals surface area contributed by atoms with Crippen LogP contribution in [0.25, 0.3) is 10.9 Å². The fourth-order valence-corrected chi connectivity index (χ4v) is 4.83. The first kappa shape index (κ1) is 23.6. The van der Waals surface area contributed by atoms with Crippen LogP contribution in [0.1, 0.15) is 45.7 Å². The molecule has 4 heteroatoms. The Kier molecular flexibility index (Phi) is 6.94. The van der Waals surface area contributed by atoms with E-state index in [-0.39, 0.29) is 11.8 Å². The second-order valence-corrected chi connectivity index (χ2v) is 9.52. The third kappa shape index (κ3) is 5.38. The number of hydrogen-bond acceptors (Lipinski definition) is 2. The van der Waals surface area contributed by atoms with Gasteiger partial charge in [-0.15, -0.1) is 0 Å². The highest BCUT2D eigenvalue weighted by atomic mass is 16.1. The van der Waals surface area contributed by atoms with Gasteiger partial charge in [0.1, 0.15) is 0 Å². The highest BCUT2D eigenvalue weighted by Gasteiger charge is 2.23. The molecule has 4 nitrogen and oxygen atoms in total. The van der Waals surface area contributed by atoms with E-state index in [1.165, 1.54) is 33.2 Å². The molecule has 1 unspecified atom stereocenters. The number of carbonyl (C=O) groups excluding carboxylic acids is 1. The molecular weight excluding hydrogens is 442 g/mol. The summed E-state index contributed by atoms with van der Waals surface area (Å²) in [5.74, 6) is -0.0137. The smallest absolute Gasteiger partial charge is 0.221 e. The molecule has 0 aliphatic carbocycles. The van der Waals surface area contributed by atoms with Crippen molar-refractivity contribution in [3.8, 4) is 0 Å². The SMILES string of the molecule is Cc1ccc(Cn2cc(C(CC(=O)NCc3ccncc3)c3cccc(C)c3)c3ccccc32)cc1. The number of pyridine rings is 1. The molecule has 5 aromatic rings. The zero-order chi connectivity index (χ0) is 24.9. The van der Waals surface area contributed by atoms with Gasteiger partial charge in [-0.05, 0) is 54.3 Å². The minimum absolute atomic E-state index is 0.0358. The predicted octanol–water partition coefficient (Wildman–Crippen LogP) is 6.54. The van der Waals surface area contributed by atoms with Gasteiger partial charge in [-0.2, -0.15) is 0 Å². The first-order chi connectivity index (χ1) is 17.6. The quantitative estimate of drug-likeness (QED) is 0.278. The summed E-state index contributed by atoms with van der Waals surface area (Å²) >= 11 is 0. The van der Waals surface area contributed by atoms with E-state index >= 15 is 0 Å². The number of amides is 1. The lowest BCUT2D eigenvalue weighted by Gasteiger charge is -2.18. The Labute approximate surface area is 212 Å².